The van der Waals surface area contributed by atoms with Crippen LogP contribution in [0.15, 0.2) is 23.1 Å². The third-order valence-electron chi connectivity index (χ3n) is 3.61. The number of benzene rings is 1. The molecule has 5 nitrogen and oxygen atoms in total. The van der Waals surface area contributed by atoms with Gasteiger partial charge >= 0.3 is 0 Å². The fourth-order valence-corrected chi connectivity index (χ4v) is 3.43. The summed E-state index contributed by atoms with van der Waals surface area (Å²) in [5.41, 5.74) is 7.11. The predicted octanol–water partition coefficient (Wildman–Crippen LogP) is 0.881. The quantitative estimate of drug-likeness (QED) is 0.802. The number of rotatable bonds is 4. The summed E-state index contributed by atoms with van der Waals surface area (Å²) in [5, 5.41) is 8.97. The zero-order valence-corrected chi connectivity index (χ0v) is 11.9. The molecule has 1 unspecified atom stereocenters. The Balaban J connectivity index is 2.27. The van der Waals surface area contributed by atoms with Crippen molar-refractivity contribution in [3.05, 3.63) is 18.2 Å². The van der Waals surface area contributed by atoms with Crippen LogP contribution in [0.2, 0.25) is 0 Å². The van der Waals surface area contributed by atoms with Crippen LogP contribution in [-0.4, -0.2) is 39.5 Å². The Bertz CT molecular complexity index is 557. The molecule has 1 aliphatic rings. The average molecular weight is 284 g/mol. The molecule has 106 valence electrons. The lowest BCUT2D eigenvalue weighted by Gasteiger charge is -2.21. The second-order valence-corrected chi connectivity index (χ2v) is 7.06. The number of hydrogen-bond donors (Lipinski definition) is 2. The van der Waals surface area contributed by atoms with Gasteiger partial charge in [0.25, 0.3) is 0 Å². The van der Waals surface area contributed by atoms with E-state index in [4.69, 9.17) is 10.8 Å². The van der Waals surface area contributed by atoms with Crippen molar-refractivity contribution in [3.8, 4) is 0 Å². The first-order valence-electron chi connectivity index (χ1n) is 6.38. The first kappa shape index (κ1) is 14.1. The largest absolute Gasteiger partial charge is 0.396 e. The monoisotopic (exact) mass is 284 g/mol. The van der Waals surface area contributed by atoms with Gasteiger partial charge in [-0.3, -0.25) is 0 Å². The van der Waals surface area contributed by atoms with Crippen LogP contribution in [0.25, 0.3) is 0 Å². The van der Waals surface area contributed by atoms with Crippen LogP contribution in [0.1, 0.15) is 12.8 Å². The van der Waals surface area contributed by atoms with E-state index in [-0.39, 0.29) is 11.5 Å². The van der Waals surface area contributed by atoms with Crippen molar-refractivity contribution in [2.45, 2.75) is 17.7 Å². The first-order valence-corrected chi connectivity index (χ1v) is 8.27. The van der Waals surface area contributed by atoms with E-state index in [1.165, 1.54) is 12.3 Å². The van der Waals surface area contributed by atoms with Crippen LogP contribution < -0.4 is 10.6 Å². The van der Waals surface area contributed by atoms with Gasteiger partial charge < -0.3 is 15.7 Å². The molecule has 3 N–H and O–H groups in total. The molecule has 0 aromatic heterocycles. The first-order chi connectivity index (χ1) is 8.93. The summed E-state index contributed by atoms with van der Waals surface area (Å²) in [6, 6.07) is 5.11. The van der Waals surface area contributed by atoms with Crippen molar-refractivity contribution in [3.63, 3.8) is 0 Å². The van der Waals surface area contributed by atoms with Crippen molar-refractivity contribution < 1.29 is 13.5 Å². The van der Waals surface area contributed by atoms with Crippen molar-refractivity contribution in [2.75, 3.05) is 36.6 Å². The number of para-hydroxylation sites is 1. The molecule has 1 aromatic carbocycles. The normalized spacial score (nSPS) is 19.9. The highest BCUT2D eigenvalue weighted by Crippen LogP contribution is 2.33. The van der Waals surface area contributed by atoms with Gasteiger partial charge in [0.15, 0.2) is 9.84 Å². The molecule has 6 heteroatoms. The van der Waals surface area contributed by atoms with Crippen LogP contribution in [-0.2, 0) is 9.84 Å². The summed E-state index contributed by atoms with van der Waals surface area (Å²) in [5.74, 6) is 0.450. The average Bonchev–Trinajstić information content (AvgIpc) is 2.76. The van der Waals surface area contributed by atoms with E-state index < -0.39 is 9.84 Å². The molecule has 1 fully saturated rings. The minimum Gasteiger partial charge on any atom is -0.396 e. The van der Waals surface area contributed by atoms with Gasteiger partial charge in [0, 0.05) is 26.0 Å². The number of nitrogen functional groups attached to an aromatic ring is 1. The Morgan fingerprint density at radius 3 is 2.84 bits per heavy atom. The lowest BCUT2D eigenvalue weighted by atomic mass is 10.1. The van der Waals surface area contributed by atoms with E-state index in [1.807, 2.05) is 6.07 Å². The third-order valence-corrected chi connectivity index (χ3v) is 4.76. The summed E-state index contributed by atoms with van der Waals surface area (Å²) >= 11 is 0. The second-order valence-electron chi connectivity index (χ2n) is 5.07. The maximum absolute atomic E-state index is 11.7. The van der Waals surface area contributed by atoms with E-state index in [2.05, 4.69) is 4.90 Å². The fraction of sp³-hybridized carbons (Fsp3) is 0.538. The minimum absolute atomic E-state index is 0.190. The number of anilines is 2. The minimum atomic E-state index is -3.30. The molecule has 0 spiro atoms. The Kier molecular flexibility index (Phi) is 4.01. The summed E-state index contributed by atoms with van der Waals surface area (Å²) < 4.78 is 23.3. The number of hydrogen-bond acceptors (Lipinski definition) is 5. The number of nitrogens with zero attached hydrogens (tertiary/aromatic N) is 1. The molecule has 0 radical (unpaired) electrons. The van der Waals surface area contributed by atoms with E-state index in [1.54, 1.807) is 6.07 Å². The van der Waals surface area contributed by atoms with Crippen LogP contribution >= 0.6 is 0 Å². The maximum atomic E-state index is 11.7. The number of aliphatic hydroxyl groups excluding tert-OH is 1. The molecule has 1 aromatic rings. The zero-order valence-electron chi connectivity index (χ0n) is 11.0. The van der Waals surface area contributed by atoms with E-state index in [9.17, 15) is 8.42 Å². The smallest absolute Gasteiger partial charge is 0.177 e. The highest BCUT2D eigenvalue weighted by atomic mass is 32.2. The summed E-state index contributed by atoms with van der Waals surface area (Å²) in [4.78, 5) is 2.29. The zero-order chi connectivity index (χ0) is 14.0. The summed E-state index contributed by atoms with van der Waals surface area (Å²) in [7, 11) is -3.30. The number of sulfone groups is 1. The molecule has 1 saturated heterocycles. The van der Waals surface area contributed by atoms with Gasteiger partial charge in [-0.15, -0.1) is 0 Å². The standard InChI is InChI=1S/C13H20N2O3S/c1-19(17,18)12-4-2-3-11(13(12)14)15-7-5-10(9-15)6-8-16/h2-4,10,16H,5-9,14H2,1H3. The van der Waals surface area contributed by atoms with Crippen molar-refractivity contribution in [1.29, 1.82) is 0 Å². The highest BCUT2D eigenvalue weighted by molar-refractivity contribution is 7.90. The molecular formula is C13H20N2O3S. The van der Waals surface area contributed by atoms with Crippen molar-refractivity contribution in [2.24, 2.45) is 5.92 Å². The lowest BCUT2D eigenvalue weighted by Crippen LogP contribution is -2.22. The van der Waals surface area contributed by atoms with Gasteiger partial charge in [0.2, 0.25) is 0 Å². The third kappa shape index (κ3) is 3.01. The van der Waals surface area contributed by atoms with Crippen LogP contribution in [0, 0.1) is 5.92 Å². The molecule has 19 heavy (non-hydrogen) atoms. The Hall–Kier alpha value is -1.27. The number of aliphatic hydroxyl groups is 1. The van der Waals surface area contributed by atoms with Crippen LogP contribution in [0.3, 0.4) is 0 Å². The lowest BCUT2D eigenvalue weighted by molar-refractivity contribution is 0.263. The molecule has 0 amide bonds. The molecule has 0 bridgehead atoms. The van der Waals surface area contributed by atoms with E-state index >= 15 is 0 Å². The van der Waals surface area contributed by atoms with E-state index in [0.717, 1.165) is 31.6 Å². The summed E-state index contributed by atoms with van der Waals surface area (Å²) in [6.07, 6.45) is 2.95. The molecule has 0 aliphatic carbocycles. The maximum Gasteiger partial charge on any atom is 0.177 e. The van der Waals surface area contributed by atoms with Gasteiger partial charge in [0.1, 0.15) is 0 Å². The number of nitrogens with two attached hydrogens (primary N) is 1. The second kappa shape index (κ2) is 5.38. The molecule has 1 atom stereocenters. The Morgan fingerprint density at radius 2 is 2.21 bits per heavy atom. The van der Waals surface area contributed by atoms with Crippen molar-refractivity contribution >= 4 is 21.2 Å². The molecule has 1 aliphatic heterocycles. The molecule has 1 heterocycles. The van der Waals surface area contributed by atoms with Crippen LogP contribution in [0.4, 0.5) is 11.4 Å². The predicted molar refractivity (Wildman–Crippen MR) is 76.0 cm³/mol. The van der Waals surface area contributed by atoms with Gasteiger partial charge in [-0.25, -0.2) is 8.42 Å². The summed E-state index contributed by atoms with van der Waals surface area (Å²) in [6.45, 7) is 1.86. The highest BCUT2D eigenvalue weighted by Gasteiger charge is 2.25. The van der Waals surface area contributed by atoms with Gasteiger partial charge in [-0.1, -0.05) is 6.07 Å². The SMILES string of the molecule is CS(=O)(=O)c1cccc(N2CCC(CCO)C2)c1N. The molecular weight excluding hydrogens is 264 g/mol. The topological polar surface area (TPSA) is 83.6 Å². The van der Waals surface area contributed by atoms with Gasteiger partial charge in [-0.2, -0.15) is 0 Å². The van der Waals surface area contributed by atoms with Crippen LogP contribution in [0.5, 0.6) is 0 Å². The van der Waals surface area contributed by atoms with Crippen molar-refractivity contribution in [1.82, 2.24) is 0 Å². The van der Waals surface area contributed by atoms with E-state index in [0.29, 0.717) is 11.6 Å². The fourth-order valence-electron chi connectivity index (χ4n) is 2.60. The molecule has 2 rings (SSSR count). The Morgan fingerprint density at radius 1 is 1.47 bits per heavy atom. The van der Waals surface area contributed by atoms with Gasteiger partial charge in [0.05, 0.1) is 16.3 Å². The molecule has 0 saturated carbocycles. The Labute approximate surface area is 113 Å². The van der Waals surface area contributed by atoms with Gasteiger partial charge in [-0.05, 0) is 30.9 Å².